The molecule has 72 valence electrons. The number of hydrogen-bond donors (Lipinski definition) is 1. The van der Waals surface area contributed by atoms with Crippen LogP contribution < -0.4 is 5.32 Å². The second-order valence-corrected chi connectivity index (χ2v) is 4.36. The van der Waals surface area contributed by atoms with E-state index in [9.17, 15) is 0 Å². The van der Waals surface area contributed by atoms with Gasteiger partial charge in [-0.25, -0.2) is 4.98 Å². The molecule has 0 saturated heterocycles. The summed E-state index contributed by atoms with van der Waals surface area (Å²) in [6, 6.07) is 0. The maximum absolute atomic E-state index is 5.87. The first-order valence-corrected chi connectivity index (χ1v) is 4.90. The van der Waals surface area contributed by atoms with Gasteiger partial charge in [-0.3, -0.25) is 0 Å². The molecule has 4 heteroatoms. The summed E-state index contributed by atoms with van der Waals surface area (Å²) in [7, 11) is 1.93. The summed E-state index contributed by atoms with van der Waals surface area (Å²) >= 11 is 5.87. The van der Waals surface area contributed by atoms with E-state index in [1.54, 1.807) is 6.20 Å². The van der Waals surface area contributed by atoms with Gasteiger partial charge in [-0.05, 0) is 19.8 Å². The zero-order chi connectivity index (χ0) is 9.47. The molecule has 1 aliphatic carbocycles. The average Bonchev–Trinajstić information content (AvgIpc) is 2.75. The van der Waals surface area contributed by atoms with Crippen molar-refractivity contribution >= 4 is 11.6 Å². The number of nitrogens with zero attached hydrogens (tertiary/aromatic N) is 2. The van der Waals surface area contributed by atoms with Crippen molar-refractivity contribution in [3.63, 3.8) is 0 Å². The monoisotopic (exact) mass is 199 g/mol. The molecule has 1 aromatic rings. The minimum Gasteiger partial charge on any atom is -0.321 e. The highest BCUT2D eigenvalue weighted by Gasteiger charge is 2.36. The molecule has 3 nitrogen and oxygen atoms in total. The summed E-state index contributed by atoms with van der Waals surface area (Å²) in [5, 5.41) is 4.15. The Morgan fingerprint density at radius 2 is 2.38 bits per heavy atom. The van der Waals surface area contributed by atoms with Crippen LogP contribution in [0.3, 0.4) is 0 Å². The van der Waals surface area contributed by atoms with Gasteiger partial charge in [0.1, 0.15) is 11.0 Å². The number of nitrogens with one attached hydrogen (secondary N) is 1. The van der Waals surface area contributed by atoms with E-state index in [0.29, 0.717) is 10.7 Å². The molecule has 1 fully saturated rings. The molecule has 0 spiro atoms. The lowest BCUT2D eigenvalue weighted by molar-refractivity contribution is 0.517. The molecule has 1 saturated carbocycles. The minimum absolute atomic E-state index is 0.360. The van der Waals surface area contributed by atoms with Crippen LogP contribution in [0.25, 0.3) is 0 Å². The first-order valence-electron chi connectivity index (χ1n) is 4.52. The first-order chi connectivity index (χ1) is 6.11. The zero-order valence-electron chi connectivity index (χ0n) is 7.97. The van der Waals surface area contributed by atoms with Crippen molar-refractivity contribution in [2.75, 3.05) is 0 Å². The molecule has 0 bridgehead atoms. The number of halogens is 1. The zero-order valence-corrected chi connectivity index (χ0v) is 8.73. The predicted octanol–water partition coefficient (Wildman–Crippen LogP) is 1.72. The molecule has 0 atom stereocenters. The summed E-state index contributed by atoms with van der Waals surface area (Å²) in [5.74, 6) is 0.998. The fourth-order valence-electron chi connectivity index (χ4n) is 1.25. The SMILES string of the molecule is Cn1c(Cl)cnc1CNC1(C)CC1. The van der Waals surface area contributed by atoms with E-state index in [2.05, 4.69) is 17.2 Å². The molecule has 13 heavy (non-hydrogen) atoms. The molecule has 0 aromatic carbocycles. The second kappa shape index (κ2) is 3.00. The maximum atomic E-state index is 5.87. The largest absolute Gasteiger partial charge is 0.321 e. The minimum atomic E-state index is 0.360. The van der Waals surface area contributed by atoms with Crippen LogP contribution in [0.4, 0.5) is 0 Å². The van der Waals surface area contributed by atoms with Gasteiger partial charge in [0.15, 0.2) is 0 Å². The number of aromatic nitrogens is 2. The van der Waals surface area contributed by atoms with Gasteiger partial charge < -0.3 is 9.88 Å². The third-order valence-corrected chi connectivity index (χ3v) is 3.05. The summed E-state index contributed by atoms with van der Waals surface area (Å²) in [6.45, 7) is 3.04. The molecule has 1 aliphatic rings. The third-order valence-electron chi connectivity index (χ3n) is 2.70. The fraction of sp³-hybridized carbons (Fsp3) is 0.667. The molecule has 0 aliphatic heterocycles. The lowest BCUT2D eigenvalue weighted by atomic mass is 10.3. The standard InChI is InChI=1S/C9H14ClN3/c1-9(3-4-9)12-6-8-11-5-7(10)13(8)2/h5,12H,3-4,6H2,1-2H3. The van der Waals surface area contributed by atoms with Crippen LogP contribution in [0, 0.1) is 0 Å². The average molecular weight is 200 g/mol. The van der Waals surface area contributed by atoms with E-state index >= 15 is 0 Å². The normalized spacial score (nSPS) is 19.0. The highest BCUT2D eigenvalue weighted by Crippen LogP contribution is 2.34. The van der Waals surface area contributed by atoms with Crippen LogP contribution in [0.5, 0.6) is 0 Å². The van der Waals surface area contributed by atoms with E-state index < -0.39 is 0 Å². The van der Waals surface area contributed by atoms with Gasteiger partial charge in [-0.15, -0.1) is 0 Å². The van der Waals surface area contributed by atoms with Crippen LogP contribution in [0.1, 0.15) is 25.6 Å². The summed E-state index contributed by atoms with van der Waals surface area (Å²) in [6.07, 6.45) is 4.23. The van der Waals surface area contributed by atoms with Crippen LogP contribution in [-0.4, -0.2) is 15.1 Å². The molecule has 0 radical (unpaired) electrons. The van der Waals surface area contributed by atoms with Crippen molar-refractivity contribution in [3.05, 3.63) is 17.2 Å². The Kier molecular flexibility index (Phi) is 2.08. The Hall–Kier alpha value is -0.540. The summed E-state index contributed by atoms with van der Waals surface area (Å²) in [5.41, 5.74) is 0.360. The Morgan fingerprint density at radius 1 is 1.69 bits per heavy atom. The third kappa shape index (κ3) is 1.86. The lowest BCUT2D eigenvalue weighted by Crippen LogP contribution is -2.28. The van der Waals surface area contributed by atoms with E-state index in [1.807, 2.05) is 11.6 Å². The van der Waals surface area contributed by atoms with E-state index in [0.717, 1.165) is 12.4 Å². The van der Waals surface area contributed by atoms with Gasteiger partial charge in [-0.1, -0.05) is 11.6 Å². The highest BCUT2D eigenvalue weighted by atomic mass is 35.5. The van der Waals surface area contributed by atoms with E-state index in [-0.39, 0.29) is 0 Å². The summed E-state index contributed by atoms with van der Waals surface area (Å²) in [4.78, 5) is 4.21. The van der Waals surface area contributed by atoms with Gasteiger partial charge >= 0.3 is 0 Å². The van der Waals surface area contributed by atoms with Crippen LogP contribution >= 0.6 is 11.6 Å². The van der Waals surface area contributed by atoms with Gasteiger partial charge in [0.2, 0.25) is 0 Å². The molecule has 1 heterocycles. The van der Waals surface area contributed by atoms with Gasteiger partial charge in [-0.2, -0.15) is 0 Å². The Balaban J connectivity index is 1.97. The van der Waals surface area contributed by atoms with Crippen molar-refractivity contribution in [2.45, 2.75) is 31.8 Å². The molecule has 0 unspecified atom stereocenters. The molecule has 0 amide bonds. The smallest absolute Gasteiger partial charge is 0.128 e. The van der Waals surface area contributed by atoms with Crippen LogP contribution in [0.15, 0.2) is 6.20 Å². The quantitative estimate of drug-likeness (QED) is 0.804. The van der Waals surface area contributed by atoms with Gasteiger partial charge in [0.05, 0.1) is 12.7 Å². The fourth-order valence-corrected chi connectivity index (χ4v) is 1.39. The first kappa shape index (κ1) is 9.03. The number of hydrogen-bond acceptors (Lipinski definition) is 2. The van der Waals surface area contributed by atoms with Crippen molar-refractivity contribution < 1.29 is 0 Å². The van der Waals surface area contributed by atoms with Crippen LogP contribution in [-0.2, 0) is 13.6 Å². The maximum Gasteiger partial charge on any atom is 0.128 e. The van der Waals surface area contributed by atoms with Gasteiger partial charge in [0.25, 0.3) is 0 Å². The predicted molar refractivity (Wildman–Crippen MR) is 52.7 cm³/mol. The van der Waals surface area contributed by atoms with Crippen molar-refractivity contribution in [2.24, 2.45) is 7.05 Å². The lowest BCUT2D eigenvalue weighted by Gasteiger charge is -2.10. The van der Waals surface area contributed by atoms with Crippen molar-refractivity contribution in [1.82, 2.24) is 14.9 Å². The Morgan fingerprint density at radius 3 is 2.85 bits per heavy atom. The van der Waals surface area contributed by atoms with E-state index in [4.69, 9.17) is 11.6 Å². The molecule has 1 aromatic heterocycles. The molecular formula is C9H14ClN3. The summed E-state index contributed by atoms with van der Waals surface area (Å²) < 4.78 is 1.90. The van der Waals surface area contributed by atoms with Gasteiger partial charge in [0, 0.05) is 12.6 Å². The highest BCUT2D eigenvalue weighted by molar-refractivity contribution is 6.29. The Bertz CT molecular complexity index is 315. The second-order valence-electron chi connectivity index (χ2n) is 3.97. The van der Waals surface area contributed by atoms with Crippen molar-refractivity contribution in [3.8, 4) is 0 Å². The van der Waals surface area contributed by atoms with Crippen molar-refractivity contribution in [1.29, 1.82) is 0 Å². The number of imidazole rings is 1. The topological polar surface area (TPSA) is 29.9 Å². The molecule has 1 N–H and O–H groups in total. The Labute approximate surface area is 83.1 Å². The number of rotatable bonds is 3. The van der Waals surface area contributed by atoms with Crippen LogP contribution in [0.2, 0.25) is 5.15 Å². The van der Waals surface area contributed by atoms with E-state index in [1.165, 1.54) is 12.8 Å². The molecule has 2 rings (SSSR count). The molecular weight excluding hydrogens is 186 g/mol.